The molecule has 0 aliphatic rings. The first-order chi connectivity index (χ1) is 13.7. The fraction of sp³-hybridized carbons (Fsp3) is 0.111. The molecule has 1 amide bonds. The number of aromatic amines is 1. The number of benzene rings is 2. The van der Waals surface area contributed by atoms with Gasteiger partial charge in [-0.25, -0.2) is 0 Å². The number of nitro benzene ring substituents is 1. The second-order valence-electron chi connectivity index (χ2n) is 5.81. The lowest BCUT2D eigenvalue weighted by Crippen LogP contribution is -2.12. The highest BCUT2D eigenvalue weighted by Gasteiger charge is 2.33. The van der Waals surface area contributed by atoms with Crippen molar-refractivity contribution in [3.63, 3.8) is 0 Å². The molecule has 1 heterocycles. The molecule has 2 N–H and O–H groups in total. The van der Waals surface area contributed by atoms with Gasteiger partial charge in [0.25, 0.3) is 5.91 Å². The fourth-order valence-corrected chi connectivity index (χ4v) is 2.65. The number of nitrogens with zero attached hydrogens (tertiary/aromatic N) is 2. The third kappa shape index (κ3) is 4.18. The Morgan fingerprint density at radius 2 is 1.93 bits per heavy atom. The van der Waals surface area contributed by atoms with Gasteiger partial charge in [0.05, 0.1) is 23.3 Å². The molecule has 8 nitrogen and oxygen atoms in total. The molecule has 1 aromatic heterocycles. The van der Waals surface area contributed by atoms with E-state index in [0.717, 1.165) is 12.1 Å². The lowest BCUT2D eigenvalue weighted by atomic mass is 10.0. The van der Waals surface area contributed by atoms with Gasteiger partial charge in [0, 0.05) is 29.3 Å². The van der Waals surface area contributed by atoms with Gasteiger partial charge < -0.3 is 10.1 Å². The molecule has 29 heavy (non-hydrogen) atoms. The Morgan fingerprint density at radius 3 is 2.59 bits per heavy atom. The number of ether oxygens (including phenoxy) is 1. The first-order valence-corrected chi connectivity index (χ1v) is 8.06. The molecule has 150 valence electrons. The Bertz CT molecular complexity index is 1080. The largest absolute Gasteiger partial charge is 0.490 e. The molecule has 2 aromatic carbocycles. The van der Waals surface area contributed by atoms with E-state index in [1.54, 1.807) is 0 Å². The molecule has 0 aliphatic carbocycles. The SMILES string of the molecule is COc1cc(C(=O)Nc2cc(-c3ccccc3C(F)(F)F)[nH]n2)ccc1[N+](=O)[O-]. The van der Waals surface area contributed by atoms with Gasteiger partial charge in [-0.3, -0.25) is 20.0 Å². The third-order valence-electron chi connectivity index (χ3n) is 3.98. The minimum atomic E-state index is -4.56. The molecule has 0 radical (unpaired) electrons. The summed E-state index contributed by atoms with van der Waals surface area (Å²) in [7, 11) is 1.22. The number of H-pyrrole nitrogens is 1. The van der Waals surface area contributed by atoms with Gasteiger partial charge in [-0.05, 0) is 12.1 Å². The fourth-order valence-electron chi connectivity index (χ4n) is 2.65. The lowest BCUT2D eigenvalue weighted by molar-refractivity contribution is -0.385. The van der Waals surface area contributed by atoms with Crippen LogP contribution in [-0.4, -0.2) is 28.1 Å². The zero-order chi connectivity index (χ0) is 21.2. The molecule has 0 saturated heterocycles. The smallest absolute Gasteiger partial charge is 0.417 e. The van der Waals surface area contributed by atoms with Crippen molar-refractivity contribution in [2.45, 2.75) is 6.18 Å². The van der Waals surface area contributed by atoms with E-state index >= 15 is 0 Å². The zero-order valence-electron chi connectivity index (χ0n) is 14.8. The molecule has 0 atom stereocenters. The van der Waals surface area contributed by atoms with Crippen LogP contribution in [0, 0.1) is 10.1 Å². The summed E-state index contributed by atoms with van der Waals surface area (Å²) in [5, 5.41) is 19.6. The summed E-state index contributed by atoms with van der Waals surface area (Å²) in [5.41, 5.74) is -1.16. The molecule has 0 spiro atoms. The predicted octanol–water partition coefficient (Wildman–Crippen LogP) is 4.26. The number of nitro groups is 1. The minimum absolute atomic E-state index is 0.0145. The monoisotopic (exact) mass is 406 g/mol. The predicted molar refractivity (Wildman–Crippen MR) is 96.6 cm³/mol. The van der Waals surface area contributed by atoms with Crippen LogP contribution in [0.25, 0.3) is 11.3 Å². The molecule has 3 rings (SSSR count). The van der Waals surface area contributed by atoms with Gasteiger partial charge in [0.15, 0.2) is 11.6 Å². The van der Waals surface area contributed by atoms with Crippen LogP contribution in [0.2, 0.25) is 0 Å². The number of nitrogens with one attached hydrogen (secondary N) is 2. The molecule has 3 aromatic rings. The summed E-state index contributed by atoms with van der Waals surface area (Å²) in [4.78, 5) is 22.6. The minimum Gasteiger partial charge on any atom is -0.490 e. The van der Waals surface area contributed by atoms with E-state index < -0.39 is 22.6 Å². The van der Waals surface area contributed by atoms with E-state index in [1.807, 2.05) is 0 Å². The molecule has 0 saturated carbocycles. The average Bonchev–Trinajstić information content (AvgIpc) is 3.15. The molecule has 0 bridgehead atoms. The van der Waals surface area contributed by atoms with Crippen LogP contribution >= 0.6 is 0 Å². The van der Waals surface area contributed by atoms with Gasteiger partial charge in [0.1, 0.15) is 0 Å². The molecule has 0 unspecified atom stereocenters. The Labute approximate surface area is 161 Å². The maximum Gasteiger partial charge on any atom is 0.417 e. The number of methoxy groups -OCH3 is 1. The maximum atomic E-state index is 13.2. The number of carbonyl (C=O) groups excluding carboxylic acids is 1. The number of amides is 1. The van der Waals surface area contributed by atoms with E-state index in [4.69, 9.17) is 4.74 Å². The van der Waals surface area contributed by atoms with Crippen molar-refractivity contribution in [3.8, 4) is 17.0 Å². The van der Waals surface area contributed by atoms with Crippen molar-refractivity contribution >= 4 is 17.4 Å². The van der Waals surface area contributed by atoms with Crippen molar-refractivity contribution in [1.29, 1.82) is 0 Å². The highest BCUT2D eigenvalue weighted by Crippen LogP contribution is 2.36. The number of alkyl halides is 3. The standard InChI is InChI=1S/C18H13F3N4O4/c1-29-15-8-10(6-7-14(15)25(27)28)17(26)22-16-9-13(23-24-16)11-4-2-3-5-12(11)18(19,20)21/h2-9H,1H3,(H2,22,23,24,26). The Hall–Kier alpha value is -3.89. The number of halogens is 3. The molecule has 11 heteroatoms. The Kier molecular flexibility index (Phi) is 5.22. The number of hydrogen-bond acceptors (Lipinski definition) is 5. The highest BCUT2D eigenvalue weighted by atomic mass is 19.4. The summed E-state index contributed by atoms with van der Waals surface area (Å²) in [5.74, 6) is -0.788. The van der Waals surface area contributed by atoms with Crippen molar-refractivity contribution in [2.75, 3.05) is 12.4 Å². The quantitative estimate of drug-likeness (QED) is 0.486. The number of hydrogen-bond donors (Lipinski definition) is 2. The average molecular weight is 406 g/mol. The Balaban J connectivity index is 1.85. The van der Waals surface area contributed by atoms with E-state index in [2.05, 4.69) is 15.5 Å². The van der Waals surface area contributed by atoms with Crippen LogP contribution in [0.4, 0.5) is 24.7 Å². The summed E-state index contributed by atoms with van der Waals surface area (Å²) in [6.45, 7) is 0. The second kappa shape index (κ2) is 7.62. The second-order valence-corrected chi connectivity index (χ2v) is 5.81. The van der Waals surface area contributed by atoms with Crippen molar-refractivity contribution in [2.24, 2.45) is 0 Å². The van der Waals surface area contributed by atoms with Gasteiger partial charge in [-0.15, -0.1) is 0 Å². The van der Waals surface area contributed by atoms with Crippen LogP contribution in [0.1, 0.15) is 15.9 Å². The summed E-state index contributed by atoms with van der Waals surface area (Å²) in [6, 6.07) is 9.72. The van der Waals surface area contributed by atoms with E-state index in [-0.39, 0.29) is 34.1 Å². The molecular weight excluding hydrogens is 393 g/mol. The first kappa shape index (κ1) is 19.9. The molecular formula is C18H13F3N4O4. The van der Waals surface area contributed by atoms with Crippen LogP contribution < -0.4 is 10.1 Å². The van der Waals surface area contributed by atoms with E-state index in [0.29, 0.717) is 0 Å². The van der Waals surface area contributed by atoms with Crippen molar-refractivity contribution in [1.82, 2.24) is 10.2 Å². The highest BCUT2D eigenvalue weighted by molar-refractivity contribution is 6.04. The number of anilines is 1. The Morgan fingerprint density at radius 1 is 1.21 bits per heavy atom. The zero-order valence-corrected chi connectivity index (χ0v) is 14.8. The lowest BCUT2D eigenvalue weighted by Gasteiger charge is -2.10. The van der Waals surface area contributed by atoms with Crippen molar-refractivity contribution in [3.05, 3.63) is 69.8 Å². The normalized spacial score (nSPS) is 11.2. The summed E-state index contributed by atoms with van der Waals surface area (Å²) in [6.07, 6.45) is -4.56. The molecule has 0 aliphatic heterocycles. The van der Waals surface area contributed by atoms with Crippen molar-refractivity contribution < 1.29 is 27.6 Å². The van der Waals surface area contributed by atoms with Crippen LogP contribution in [0.15, 0.2) is 48.5 Å². The number of aromatic nitrogens is 2. The molecule has 0 fully saturated rings. The topological polar surface area (TPSA) is 110 Å². The number of rotatable bonds is 5. The maximum absolute atomic E-state index is 13.2. The van der Waals surface area contributed by atoms with Crippen LogP contribution in [-0.2, 0) is 6.18 Å². The van der Waals surface area contributed by atoms with Gasteiger partial charge >= 0.3 is 11.9 Å². The third-order valence-corrected chi connectivity index (χ3v) is 3.98. The summed E-state index contributed by atoms with van der Waals surface area (Å²) >= 11 is 0. The number of carbonyl (C=O) groups is 1. The van der Waals surface area contributed by atoms with Crippen LogP contribution in [0.3, 0.4) is 0 Å². The van der Waals surface area contributed by atoms with E-state index in [1.165, 1.54) is 43.5 Å². The van der Waals surface area contributed by atoms with Gasteiger partial charge in [0.2, 0.25) is 0 Å². The van der Waals surface area contributed by atoms with Gasteiger partial charge in [-0.2, -0.15) is 18.3 Å². The summed E-state index contributed by atoms with van der Waals surface area (Å²) < 4.78 is 44.4. The van der Waals surface area contributed by atoms with Crippen LogP contribution in [0.5, 0.6) is 5.75 Å². The first-order valence-electron chi connectivity index (χ1n) is 8.06. The van der Waals surface area contributed by atoms with Gasteiger partial charge in [-0.1, -0.05) is 18.2 Å². The van der Waals surface area contributed by atoms with E-state index in [9.17, 15) is 28.1 Å².